The van der Waals surface area contributed by atoms with E-state index in [1.807, 2.05) is 96.4 Å². The molecular formula is C30H32N4O3. The van der Waals surface area contributed by atoms with Crippen molar-refractivity contribution in [2.24, 2.45) is 18.9 Å². The molecule has 0 aliphatic carbocycles. The molecule has 7 nitrogen and oxygen atoms in total. The highest BCUT2D eigenvalue weighted by Gasteiger charge is 2.68. The van der Waals surface area contributed by atoms with Crippen LogP contribution in [0.15, 0.2) is 72.9 Å². The Bertz CT molecular complexity index is 1350. The van der Waals surface area contributed by atoms with Crippen LogP contribution in [0.25, 0.3) is 0 Å². The molecule has 1 N–H and O–H groups in total. The molecule has 3 aliphatic rings. The van der Waals surface area contributed by atoms with E-state index in [0.717, 1.165) is 28.8 Å². The van der Waals surface area contributed by atoms with Gasteiger partial charge in [0.1, 0.15) is 5.54 Å². The highest BCUT2D eigenvalue weighted by atomic mass is 16.2. The summed E-state index contributed by atoms with van der Waals surface area (Å²) >= 11 is 0. The number of imide groups is 1. The van der Waals surface area contributed by atoms with Gasteiger partial charge in [-0.3, -0.25) is 24.6 Å². The number of aromatic nitrogens is 1. The van der Waals surface area contributed by atoms with Gasteiger partial charge in [0.15, 0.2) is 0 Å². The maximum Gasteiger partial charge on any atom is 0.244 e. The molecule has 0 radical (unpaired) electrons. The van der Waals surface area contributed by atoms with Gasteiger partial charge in [0.05, 0.1) is 24.9 Å². The van der Waals surface area contributed by atoms with Gasteiger partial charge >= 0.3 is 0 Å². The van der Waals surface area contributed by atoms with E-state index in [1.165, 1.54) is 4.90 Å². The Kier molecular flexibility index (Phi) is 5.75. The lowest BCUT2D eigenvalue weighted by Crippen LogP contribution is -2.63. The summed E-state index contributed by atoms with van der Waals surface area (Å²) in [4.78, 5) is 45.4. The minimum atomic E-state index is -1.10. The second-order valence-corrected chi connectivity index (χ2v) is 10.7. The molecule has 4 atom stereocenters. The van der Waals surface area contributed by atoms with Crippen LogP contribution in [0.4, 0.5) is 0 Å². The molecule has 3 fully saturated rings. The standard InChI is InChI=1S/C30H32N4O3/c1-20-11-13-22(14-12-20)26-24-25(28(36)34(27(24)35)18-21-8-4-3-5-9-21)30(31-26)15-7-17-33(29(30)37)19-23-10-6-16-32(23)2/h3-6,8-14,16,24-26,31H,7,15,17-19H2,1-2H3/t24-,25-,26-,30-/m1/s1. The zero-order valence-corrected chi connectivity index (χ0v) is 21.3. The number of hydrogen-bond acceptors (Lipinski definition) is 4. The first kappa shape index (κ1) is 23.7. The Balaban J connectivity index is 1.39. The van der Waals surface area contributed by atoms with Crippen molar-refractivity contribution in [2.45, 2.75) is 44.4 Å². The fraction of sp³-hybridized carbons (Fsp3) is 0.367. The summed E-state index contributed by atoms with van der Waals surface area (Å²) < 4.78 is 2.01. The van der Waals surface area contributed by atoms with Gasteiger partial charge in [-0.05, 0) is 43.0 Å². The van der Waals surface area contributed by atoms with Gasteiger partial charge in [0.25, 0.3) is 0 Å². The number of aryl methyl sites for hydroxylation is 2. The molecule has 190 valence electrons. The van der Waals surface area contributed by atoms with Crippen LogP contribution in [0, 0.1) is 18.8 Å². The number of rotatable bonds is 5. The lowest BCUT2D eigenvalue weighted by Gasteiger charge is -2.42. The van der Waals surface area contributed by atoms with Crippen molar-refractivity contribution in [3.8, 4) is 0 Å². The van der Waals surface area contributed by atoms with Gasteiger partial charge in [0.2, 0.25) is 17.7 Å². The zero-order valence-electron chi connectivity index (χ0n) is 21.3. The van der Waals surface area contributed by atoms with E-state index in [-0.39, 0.29) is 24.3 Å². The van der Waals surface area contributed by atoms with Crippen molar-refractivity contribution in [3.05, 3.63) is 95.3 Å². The van der Waals surface area contributed by atoms with Crippen molar-refractivity contribution >= 4 is 17.7 Å². The molecule has 3 saturated heterocycles. The highest BCUT2D eigenvalue weighted by molar-refractivity contribution is 6.10. The van der Waals surface area contributed by atoms with Crippen LogP contribution >= 0.6 is 0 Å². The number of amides is 3. The molecule has 1 spiro atoms. The van der Waals surface area contributed by atoms with E-state index in [2.05, 4.69) is 5.32 Å². The summed E-state index contributed by atoms with van der Waals surface area (Å²) in [5.74, 6) is -1.85. The van der Waals surface area contributed by atoms with Crippen LogP contribution in [-0.4, -0.2) is 44.2 Å². The van der Waals surface area contributed by atoms with E-state index in [1.54, 1.807) is 0 Å². The van der Waals surface area contributed by atoms with Crippen molar-refractivity contribution in [3.63, 3.8) is 0 Å². The van der Waals surface area contributed by atoms with Gasteiger partial charge in [-0.15, -0.1) is 0 Å². The predicted molar refractivity (Wildman–Crippen MR) is 139 cm³/mol. The predicted octanol–water partition coefficient (Wildman–Crippen LogP) is 3.34. The van der Waals surface area contributed by atoms with Gasteiger partial charge in [-0.2, -0.15) is 0 Å². The molecule has 0 saturated carbocycles. The summed E-state index contributed by atoms with van der Waals surface area (Å²) in [7, 11) is 1.97. The molecule has 3 aromatic rings. The molecule has 2 aromatic carbocycles. The maximum atomic E-state index is 14.3. The molecule has 3 amide bonds. The van der Waals surface area contributed by atoms with E-state index in [9.17, 15) is 14.4 Å². The Labute approximate surface area is 217 Å². The van der Waals surface area contributed by atoms with Gasteiger partial charge < -0.3 is 9.47 Å². The van der Waals surface area contributed by atoms with Crippen LogP contribution < -0.4 is 5.32 Å². The average molecular weight is 497 g/mol. The Morgan fingerprint density at radius 2 is 1.68 bits per heavy atom. The van der Waals surface area contributed by atoms with Crippen molar-refractivity contribution in [2.75, 3.05) is 6.54 Å². The number of likely N-dealkylation sites (tertiary alicyclic amines) is 2. The lowest BCUT2D eigenvalue weighted by molar-refractivity contribution is -0.150. The molecule has 37 heavy (non-hydrogen) atoms. The molecule has 0 bridgehead atoms. The second-order valence-electron chi connectivity index (χ2n) is 10.7. The summed E-state index contributed by atoms with van der Waals surface area (Å²) in [6, 6.07) is 21.2. The molecule has 6 rings (SSSR count). The number of carbonyl (C=O) groups is 3. The Morgan fingerprint density at radius 1 is 0.919 bits per heavy atom. The maximum absolute atomic E-state index is 14.3. The number of nitrogens with one attached hydrogen (secondary N) is 1. The number of benzene rings is 2. The monoisotopic (exact) mass is 496 g/mol. The highest BCUT2D eigenvalue weighted by Crippen LogP contribution is 2.52. The van der Waals surface area contributed by atoms with Crippen LogP contribution in [-0.2, 0) is 34.5 Å². The van der Waals surface area contributed by atoms with E-state index in [0.29, 0.717) is 19.5 Å². The fourth-order valence-electron chi connectivity index (χ4n) is 6.52. The molecule has 0 unspecified atom stereocenters. The summed E-state index contributed by atoms with van der Waals surface area (Å²) in [5, 5.41) is 3.60. The first-order chi connectivity index (χ1) is 17.9. The SMILES string of the molecule is Cc1ccc([C@H]2N[C@]3(CCCN(Cc4cccn4C)C3=O)[C@H]3C(=O)N(Cc4ccccc4)C(=O)[C@@H]23)cc1. The number of fused-ring (bicyclic) bond motifs is 2. The molecule has 4 heterocycles. The summed E-state index contributed by atoms with van der Waals surface area (Å²) in [6.07, 6.45) is 3.28. The van der Waals surface area contributed by atoms with Crippen molar-refractivity contribution in [1.82, 2.24) is 19.7 Å². The van der Waals surface area contributed by atoms with Crippen LogP contribution in [0.2, 0.25) is 0 Å². The van der Waals surface area contributed by atoms with E-state index >= 15 is 0 Å². The van der Waals surface area contributed by atoms with Gasteiger partial charge in [0, 0.05) is 31.5 Å². The van der Waals surface area contributed by atoms with E-state index in [4.69, 9.17) is 0 Å². The minimum absolute atomic E-state index is 0.0766. The van der Waals surface area contributed by atoms with Crippen LogP contribution in [0.5, 0.6) is 0 Å². The quantitative estimate of drug-likeness (QED) is 0.550. The first-order valence-electron chi connectivity index (χ1n) is 13.0. The molecular weight excluding hydrogens is 464 g/mol. The van der Waals surface area contributed by atoms with Crippen molar-refractivity contribution < 1.29 is 14.4 Å². The van der Waals surface area contributed by atoms with Gasteiger partial charge in [-0.25, -0.2) is 0 Å². The number of hydrogen-bond donors (Lipinski definition) is 1. The van der Waals surface area contributed by atoms with Gasteiger partial charge in [-0.1, -0.05) is 60.2 Å². The zero-order chi connectivity index (χ0) is 25.7. The molecule has 7 heteroatoms. The normalized spacial score (nSPS) is 27.4. The Hall–Kier alpha value is -3.71. The third-order valence-electron chi connectivity index (χ3n) is 8.44. The molecule has 1 aromatic heterocycles. The van der Waals surface area contributed by atoms with E-state index < -0.39 is 23.4 Å². The number of piperidine rings is 1. The topological polar surface area (TPSA) is 74.7 Å². The first-order valence-corrected chi connectivity index (χ1v) is 13.0. The van der Waals surface area contributed by atoms with Crippen LogP contribution in [0.3, 0.4) is 0 Å². The fourth-order valence-corrected chi connectivity index (χ4v) is 6.52. The third-order valence-corrected chi connectivity index (χ3v) is 8.44. The largest absolute Gasteiger partial charge is 0.353 e. The van der Waals surface area contributed by atoms with Crippen LogP contribution in [0.1, 0.15) is 41.3 Å². The summed E-state index contributed by atoms with van der Waals surface area (Å²) in [6.45, 7) is 3.36. The molecule has 3 aliphatic heterocycles. The second kappa shape index (κ2) is 8.99. The lowest BCUT2D eigenvalue weighted by atomic mass is 9.74. The van der Waals surface area contributed by atoms with Crippen molar-refractivity contribution in [1.29, 1.82) is 0 Å². The number of nitrogens with zero attached hydrogens (tertiary/aromatic N) is 3. The smallest absolute Gasteiger partial charge is 0.244 e. The number of carbonyl (C=O) groups excluding carboxylic acids is 3. The minimum Gasteiger partial charge on any atom is -0.353 e. The average Bonchev–Trinajstić information content (AvgIpc) is 3.54. The third kappa shape index (κ3) is 3.80. The summed E-state index contributed by atoms with van der Waals surface area (Å²) in [5.41, 5.74) is 2.90. The Morgan fingerprint density at radius 3 is 2.38 bits per heavy atom.